The Hall–Kier alpha value is -3.20. The molecule has 3 N–H and O–H groups in total. The van der Waals surface area contributed by atoms with Crippen LogP contribution >= 0.6 is 0 Å². The molecule has 0 aromatic heterocycles. The van der Waals surface area contributed by atoms with Crippen molar-refractivity contribution in [3.05, 3.63) is 47.6 Å². The third-order valence-corrected chi connectivity index (χ3v) is 8.05. The molecule has 1 saturated carbocycles. The zero-order chi connectivity index (χ0) is 27.5. The van der Waals surface area contributed by atoms with Gasteiger partial charge in [-0.3, -0.25) is 9.59 Å². The van der Waals surface area contributed by atoms with Crippen molar-refractivity contribution in [3.63, 3.8) is 0 Å². The molecular weight excluding hydrogens is 478 g/mol. The Morgan fingerprint density at radius 1 is 1.11 bits per heavy atom. The Labute approximate surface area is 217 Å². The van der Waals surface area contributed by atoms with Crippen LogP contribution in [0.4, 0.5) is 0 Å². The second-order valence-corrected chi connectivity index (χ2v) is 11.0. The Morgan fingerprint density at radius 2 is 1.78 bits per heavy atom. The largest absolute Gasteiger partial charge is 0.481 e. The molecule has 0 aromatic carbocycles. The minimum Gasteiger partial charge on any atom is -0.481 e. The van der Waals surface area contributed by atoms with E-state index in [1.807, 2.05) is 39.8 Å². The SMILES string of the molecule is C/C=C/C=C/C=C/C(=O)O[C@@H]1[C@@H](O)C2=C(C(=O)N([C@H](CCC(=O)O)C(=O)O)C2)[C@@]2(C)CCCC(C)(C)[C@H]12. The number of hydrogen-bond acceptors (Lipinski definition) is 6. The maximum absolute atomic E-state index is 13.7. The second-order valence-electron chi connectivity index (χ2n) is 11.0. The first-order chi connectivity index (χ1) is 17.3. The zero-order valence-corrected chi connectivity index (χ0v) is 21.8. The van der Waals surface area contributed by atoms with Crippen molar-refractivity contribution >= 4 is 23.8 Å². The number of carboxylic acid groups (broad SMARTS) is 2. The lowest BCUT2D eigenvalue weighted by molar-refractivity contribution is -0.170. The molecule has 37 heavy (non-hydrogen) atoms. The Kier molecular flexibility index (Phi) is 8.47. The molecule has 0 bridgehead atoms. The number of carboxylic acids is 2. The number of amides is 1. The van der Waals surface area contributed by atoms with Crippen molar-refractivity contribution in [1.29, 1.82) is 0 Å². The topological polar surface area (TPSA) is 141 Å². The second kappa shape index (κ2) is 11.0. The van der Waals surface area contributed by atoms with Crippen molar-refractivity contribution in [2.24, 2.45) is 16.7 Å². The van der Waals surface area contributed by atoms with Crippen LogP contribution in [-0.4, -0.2) is 68.8 Å². The third kappa shape index (κ3) is 5.56. The number of fused-ring (bicyclic) bond motifs is 2. The van der Waals surface area contributed by atoms with Crippen LogP contribution in [0, 0.1) is 16.7 Å². The predicted molar refractivity (Wildman–Crippen MR) is 135 cm³/mol. The molecule has 1 fully saturated rings. The van der Waals surface area contributed by atoms with E-state index in [4.69, 9.17) is 9.84 Å². The summed E-state index contributed by atoms with van der Waals surface area (Å²) in [5, 5.41) is 30.4. The highest BCUT2D eigenvalue weighted by Crippen LogP contribution is 2.61. The molecule has 0 saturated heterocycles. The van der Waals surface area contributed by atoms with Crippen molar-refractivity contribution < 1.29 is 39.2 Å². The van der Waals surface area contributed by atoms with Crippen LogP contribution in [0.25, 0.3) is 0 Å². The number of aliphatic carboxylic acids is 2. The average Bonchev–Trinajstić information content (AvgIpc) is 3.14. The molecule has 1 aliphatic heterocycles. The smallest absolute Gasteiger partial charge is 0.331 e. The molecule has 0 radical (unpaired) electrons. The van der Waals surface area contributed by atoms with Gasteiger partial charge in [-0.05, 0) is 37.2 Å². The van der Waals surface area contributed by atoms with Gasteiger partial charge in [0.05, 0.1) is 0 Å². The Morgan fingerprint density at radius 3 is 2.41 bits per heavy atom. The Balaban J connectivity index is 1.98. The van der Waals surface area contributed by atoms with Gasteiger partial charge in [0.1, 0.15) is 18.2 Å². The molecule has 9 nitrogen and oxygen atoms in total. The van der Waals surface area contributed by atoms with Crippen LogP contribution in [0.3, 0.4) is 0 Å². The Bertz CT molecular complexity index is 1070. The van der Waals surface area contributed by atoms with E-state index in [-0.39, 0.29) is 24.3 Å². The molecule has 202 valence electrons. The molecule has 2 aliphatic carbocycles. The van der Waals surface area contributed by atoms with Gasteiger partial charge in [0, 0.05) is 35.9 Å². The van der Waals surface area contributed by atoms with Gasteiger partial charge in [-0.15, -0.1) is 0 Å². The fourth-order valence-corrected chi connectivity index (χ4v) is 6.62. The number of carbonyl (C=O) groups is 4. The molecular formula is C28H37NO8. The van der Waals surface area contributed by atoms with E-state index in [0.717, 1.165) is 17.7 Å². The van der Waals surface area contributed by atoms with E-state index >= 15 is 0 Å². The number of aliphatic hydroxyl groups excluding tert-OH is 1. The van der Waals surface area contributed by atoms with Gasteiger partial charge in [0.25, 0.3) is 5.91 Å². The molecule has 5 atom stereocenters. The van der Waals surface area contributed by atoms with E-state index in [2.05, 4.69) is 0 Å². The summed E-state index contributed by atoms with van der Waals surface area (Å²) in [6, 6.07) is -1.34. The van der Waals surface area contributed by atoms with Crippen molar-refractivity contribution in [2.45, 2.75) is 78.0 Å². The van der Waals surface area contributed by atoms with Crippen LogP contribution in [0.1, 0.15) is 59.8 Å². The first-order valence-corrected chi connectivity index (χ1v) is 12.7. The maximum atomic E-state index is 13.7. The minimum absolute atomic E-state index is 0.148. The molecule has 0 aromatic rings. The van der Waals surface area contributed by atoms with Crippen LogP contribution < -0.4 is 0 Å². The number of hydrogen-bond donors (Lipinski definition) is 3. The number of carbonyl (C=O) groups excluding carboxylic acids is 2. The first-order valence-electron chi connectivity index (χ1n) is 12.7. The van der Waals surface area contributed by atoms with E-state index in [9.17, 15) is 29.4 Å². The van der Waals surface area contributed by atoms with Crippen molar-refractivity contribution in [1.82, 2.24) is 4.90 Å². The summed E-state index contributed by atoms with van der Waals surface area (Å²) in [4.78, 5) is 50.7. The lowest BCUT2D eigenvalue weighted by Crippen LogP contribution is -2.58. The number of esters is 1. The summed E-state index contributed by atoms with van der Waals surface area (Å²) in [5.41, 5.74) is -0.386. The molecule has 1 heterocycles. The number of aliphatic hydroxyl groups is 1. The van der Waals surface area contributed by atoms with Gasteiger partial charge in [-0.1, -0.05) is 57.6 Å². The molecule has 0 unspecified atom stereocenters. The summed E-state index contributed by atoms with van der Waals surface area (Å²) < 4.78 is 5.86. The monoisotopic (exact) mass is 515 g/mol. The summed E-state index contributed by atoms with van der Waals surface area (Å²) >= 11 is 0. The van der Waals surface area contributed by atoms with Crippen molar-refractivity contribution in [2.75, 3.05) is 6.54 Å². The van der Waals surface area contributed by atoms with Crippen LogP contribution in [0.15, 0.2) is 47.6 Å². The lowest BCUT2D eigenvalue weighted by atomic mass is 9.49. The highest BCUT2D eigenvalue weighted by Gasteiger charge is 2.62. The van der Waals surface area contributed by atoms with E-state index < -0.39 is 53.9 Å². The maximum Gasteiger partial charge on any atom is 0.331 e. The molecule has 3 aliphatic rings. The van der Waals surface area contributed by atoms with E-state index in [1.54, 1.807) is 18.2 Å². The van der Waals surface area contributed by atoms with Crippen LogP contribution in [0.5, 0.6) is 0 Å². The summed E-state index contributed by atoms with van der Waals surface area (Å²) in [6.07, 6.45) is 9.32. The lowest BCUT2D eigenvalue weighted by Gasteiger charge is -2.57. The van der Waals surface area contributed by atoms with Gasteiger partial charge in [-0.2, -0.15) is 0 Å². The molecule has 3 rings (SSSR count). The predicted octanol–water partition coefficient (Wildman–Crippen LogP) is 3.25. The molecule has 1 amide bonds. The van der Waals surface area contributed by atoms with Gasteiger partial charge in [0.15, 0.2) is 0 Å². The quantitative estimate of drug-likeness (QED) is 0.241. The number of ether oxygens (including phenoxy) is 1. The van der Waals surface area contributed by atoms with Crippen LogP contribution in [-0.2, 0) is 23.9 Å². The van der Waals surface area contributed by atoms with Gasteiger partial charge < -0.3 is 25.0 Å². The first kappa shape index (κ1) is 28.4. The fourth-order valence-electron chi connectivity index (χ4n) is 6.62. The van der Waals surface area contributed by atoms with Crippen LogP contribution in [0.2, 0.25) is 0 Å². The molecule has 0 spiro atoms. The van der Waals surface area contributed by atoms with E-state index in [0.29, 0.717) is 17.6 Å². The fraction of sp³-hybridized carbons (Fsp3) is 0.571. The summed E-state index contributed by atoms with van der Waals surface area (Å²) in [5.74, 6) is -3.94. The summed E-state index contributed by atoms with van der Waals surface area (Å²) in [6.45, 7) is 7.73. The zero-order valence-electron chi connectivity index (χ0n) is 21.8. The number of nitrogens with zero attached hydrogens (tertiary/aromatic N) is 1. The standard InChI is InChI=1S/C28H37NO8/c1-5-6-7-8-9-11-20(32)37-23-22(33)17-16-29(18(26(35)36)12-13-19(30)31)25(34)21(17)28(4)15-10-14-27(2,3)24(23)28/h5-9,11,18,22-24,33H,10,12-16H2,1-4H3,(H,30,31)(H,35,36)/b6-5+,8-7+,11-9+/t18-,22+,23-,24+,28-/m1/s1. The highest BCUT2D eigenvalue weighted by molar-refractivity contribution is 6.01. The van der Waals surface area contributed by atoms with Crippen molar-refractivity contribution in [3.8, 4) is 0 Å². The van der Waals surface area contributed by atoms with Gasteiger partial charge >= 0.3 is 17.9 Å². The number of allylic oxidation sites excluding steroid dienone is 5. The highest BCUT2D eigenvalue weighted by atomic mass is 16.6. The third-order valence-electron chi connectivity index (χ3n) is 8.05. The summed E-state index contributed by atoms with van der Waals surface area (Å²) in [7, 11) is 0. The minimum atomic E-state index is -1.34. The van der Waals surface area contributed by atoms with Gasteiger partial charge in [0.2, 0.25) is 0 Å². The number of rotatable bonds is 9. The van der Waals surface area contributed by atoms with Gasteiger partial charge in [-0.25, -0.2) is 9.59 Å². The molecule has 9 heteroatoms. The van der Waals surface area contributed by atoms with E-state index in [1.165, 1.54) is 6.08 Å². The normalized spacial score (nSPS) is 30.1. The average molecular weight is 516 g/mol.